The number of carboxylic acid groups (broad SMARTS) is 1. The number of hydrogen-bond donors (Lipinski definition) is 1. The Hall–Kier alpha value is -2.63. The maximum absolute atomic E-state index is 12.6. The molecule has 1 aromatic carbocycles. The maximum Gasteiger partial charge on any atom is 0.331 e. The largest absolute Gasteiger partial charge is 0.479 e. The number of amides is 1. The average Bonchev–Trinajstić information content (AvgIpc) is 2.88. The van der Waals surface area contributed by atoms with Crippen molar-refractivity contribution in [3.05, 3.63) is 53.3 Å². The summed E-state index contributed by atoms with van der Waals surface area (Å²) >= 11 is 0. The van der Waals surface area contributed by atoms with Gasteiger partial charge in [-0.3, -0.25) is 9.48 Å². The van der Waals surface area contributed by atoms with E-state index in [1.54, 1.807) is 25.4 Å². The zero-order chi connectivity index (χ0) is 15.0. The van der Waals surface area contributed by atoms with Crippen LogP contribution in [0.1, 0.15) is 27.5 Å². The fourth-order valence-electron chi connectivity index (χ4n) is 2.73. The summed E-state index contributed by atoms with van der Waals surface area (Å²) in [5.41, 5.74) is 2.06. The van der Waals surface area contributed by atoms with Crippen molar-refractivity contribution in [2.45, 2.75) is 12.5 Å². The normalized spacial score (nSPS) is 15.7. The molecule has 6 nitrogen and oxygen atoms in total. The van der Waals surface area contributed by atoms with Crippen LogP contribution in [0.3, 0.4) is 0 Å². The molecule has 0 aliphatic carbocycles. The molecule has 1 atom stereocenters. The van der Waals surface area contributed by atoms with Gasteiger partial charge in [-0.2, -0.15) is 5.10 Å². The number of carboxylic acids is 1. The zero-order valence-corrected chi connectivity index (χ0v) is 11.6. The van der Waals surface area contributed by atoms with Gasteiger partial charge in [-0.1, -0.05) is 18.2 Å². The smallest absolute Gasteiger partial charge is 0.331 e. The average molecular weight is 285 g/mol. The number of fused-ring (bicyclic) bond motifs is 1. The molecule has 3 rings (SSSR count). The molecule has 2 heterocycles. The van der Waals surface area contributed by atoms with Crippen LogP contribution in [-0.2, 0) is 18.3 Å². The van der Waals surface area contributed by atoms with Gasteiger partial charge >= 0.3 is 5.97 Å². The minimum absolute atomic E-state index is 0.242. The van der Waals surface area contributed by atoms with Crippen molar-refractivity contribution in [2.24, 2.45) is 7.05 Å². The highest BCUT2D eigenvalue weighted by molar-refractivity contribution is 5.99. The quantitative estimate of drug-likeness (QED) is 0.920. The highest BCUT2D eigenvalue weighted by atomic mass is 16.4. The molecule has 0 radical (unpaired) electrons. The first-order chi connectivity index (χ1) is 10.1. The van der Waals surface area contributed by atoms with Crippen molar-refractivity contribution in [3.8, 4) is 0 Å². The number of aromatic nitrogens is 2. The lowest BCUT2D eigenvalue weighted by Gasteiger charge is -2.32. The minimum Gasteiger partial charge on any atom is -0.479 e. The van der Waals surface area contributed by atoms with Crippen molar-refractivity contribution in [1.82, 2.24) is 14.7 Å². The van der Waals surface area contributed by atoms with E-state index in [2.05, 4.69) is 5.10 Å². The first-order valence-corrected chi connectivity index (χ1v) is 6.68. The lowest BCUT2D eigenvalue weighted by atomic mass is 9.96. The lowest BCUT2D eigenvalue weighted by Crippen LogP contribution is -2.43. The molecule has 0 saturated carbocycles. The highest BCUT2D eigenvalue weighted by Gasteiger charge is 2.35. The van der Waals surface area contributed by atoms with Crippen LogP contribution in [0.25, 0.3) is 0 Å². The predicted molar refractivity (Wildman–Crippen MR) is 74.8 cm³/mol. The van der Waals surface area contributed by atoms with Crippen molar-refractivity contribution < 1.29 is 14.7 Å². The van der Waals surface area contributed by atoms with Gasteiger partial charge < -0.3 is 10.0 Å². The third kappa shape index (κ3) is 2.29. The Morgan fingerprint density at radius 3 is 2.81 bits per heavy atom. The van der Waals surface area contributed by atoms with Gasteiger partial charge in [0.15, 0.2) is 6.04 Å². The second kappa shape index (κ2) is 5.05. The minimum atomic E-state index is -1.05. The topological polar surface area (TPSA) is 75.4 Å². The van der Waals surface area contributed by atoms with E-state index in [9.17, 15) is 14.7 Å². The Kier molecular flexibility index (Phi) is 3.21. The molecule has 0 spiro atoms. The molecule has 1 unspecified atom stereocenters. The van der Waals surface area contributed by atoms with Gasteiger partial charge in [-0.05, 0) is 18.1 Å². The Morgan fingerprint density at radius 1 is 1.38 bits per heavy atom. The number of benzene rings is 1. The van der Waals surface area contributed by atoms with Crippen LogP contribution in [0.5, 0.6) is 0 Å². The molecule has 1 aliphatic rings. The summed E-state index contributed by atoms with van der Waals surface area (Å²) < 4.78 is 1.54. The van der Waals surface area contributed by atoms with Crippen molar-refractivity contribution in [2.75, 3.05) is 6.54 Å². The van der Waals surface area contributed by atoms with Crippen molar-refractivity contribution >= 4 is 11.9 Å². The molecular weight excluding hydrogens is 270 g/mol. The summed E-state index contributed by atoms with van der Waals surface area (Å²) in [7, 11) is 1.72. The van der Waals surface area contributed by atoms with Crippen LogP contribution >= 0.6 is 0 Å². The summed E-state index contributed by atoms with van der Waals surface area (Å²) in [5.74, 6) is -1.29. The van der Waals surface area contributed by atoms with E-state index in [0.717, 1.165) is 5.56 Å². The fraction of sp³-hybridized carbons (Fsp3) is 0.267. The summed E-state index contributed by atoms with van der Waals surface area (Å²) in [5, 5.41) is 13.5. The Labute approximate surface area is 121 Å². The van der Waals surface area contributed by atoms with E-state index in [0.29, 0.717) is 24.1 Å². The molecule has 0 saturated heterocycles. The number of nitrogens with zero attached hydrogens (tertiary/aromatic N) is 3. The number of aryl methyl sites for hydroxylation is 1. The van der Waals surface area contributed by atoms with Gasteiger partial charge in [-0.25, -0.2) is 4.79 Å². The van der Waals surface area contributed by atoms with E-state index < -0.39 is 12.0 Å². The third-order valence-electron chi connectivity index (χ3n) is 3.72. The summed E-state index contributed by atoms with van der Waals surface area (Å²) in [4.78, 5) is 25.6. The van der Waals surface area contributed by atoms with E-state index in [1.807, 2.05) is 12.1 Å². The predicted octanol–water partition coefficient (Wildman–Crippen LogP) is 1.24. The molecule has 1 aromatic heterocycles. The van der Waals surface area contributed by atoms with Crippen molar-refractivity contribution in [3.63, 3.8) is 0 Å². The van der Waals surface area contributed by atoms with Crippen LogP contribution in [0.15, 0.2) is 36.7 Å². The number of aliphatic carboxylic acids is 1. The van der Waals surface area contributed by atoms with Gasteiger partial charge in [0, 0.05) is 30.9 Å². The fourth-order valence-corrected chi connectivity index (χ4v) is 2.73. The molecule has 6 heteroatoms. The maximum atomic E-state index is 12.6. The second-order valence-corrected chi connectivity index (χ2v) is 5.09. The highest BCUT2D eigenvalue weighted by Crippen LogP contribution is 2.27. The van der Waals surface area contributed by atoms with E-state index in [1.165, 1.54) is 15.8 Å². The van der Waals surface area contributed by atoms with Crippen LogP contribution in [0.2, 0.25) is 0 Å². The molecular formula is C15H15N3O3. The molecule has 1 N–H and O–H groups in total. The van der Waals surface area contributed by atoms with Crippen LogP contribution in [0.4, 0.5) is 0 Å². The Morgan fingerprint density at radius 2 is 2.14 bits per heavy atom. The van der Waals surface area contributed by atoms with Gasteiger partial charge in [0.2, 0.25) is 0 Å². The van der Waals surface area contributed by atoms with Gasteiger partial charge in [-0.15, -0.1) is 0 Å². The second-order valence-electron chi connectivity index (χ2n) is 5.09. The van der Waals surface area contributed by atoms with Gasteiger partial charge in [0.1, 0.15) is 0 Å². The molecule has 2 aromatic rings. The molecule has 1 amide bonds. The molecule has 108 valence electrons. The van der Waals surface area contributed by atoms with E-state index >= 15 is 0 Å². The van der Waals surface area contributed by atoms with E-state index in [-0.39, 0.29) is 5.91 Å². The third-order valence-corrected chi connectivity index (χ3v) is 3.72. The number of hydrogen-bond acceptors (Lipinski definition) is 3. The molecule has 1 aliphatic heterocycles. The van der Waals surface area contributed by atoms with E-state index in [4.69, 9.17) is 0 Å². The van der Waals surface area contributed by atoms with Crippen LogP contribution < -0.4 is 0 Å². The monoisotopic (exact) mass is 285 g/mol. The first kappa shape index (κ1) is 13.4. The zero-order valence-electron chi connectivity index (χ0n) is 11.6. The van der Waals surface area contributed by atoms with Gasteiger partial charge in [0.25, 0.3) is 5.91 Å². The Bertz CT molecular complexity index is 708. The van der Waals surface area contributed by atoms with Gasteiger partial charge in [0.05, 0.1) is 6.20 Å². The number of carbonyl (C=O) groups excluding carboxylic acids is 1. The summed E-state index contributed by atoms with van der Waals surface area (Å²) in [6.07, 6.45) is 3.78. The van der Waals surface area contributed by atoms with Crippen molar-refractivity contribution in [1.29, 1.82) is 0 Å². The number of rotatable bonds is 3. The summed E-state index contributed by atoms with van der Waals surface area (Å²) in [6, 6.07) is 6.33. The molecule has 0 bridgehead atoms. The first-order valence-electron chi connectivity index (χ1n) is 6.68. The van der Waals surface area contributed by atoms with Crippen LogP contribution in [-0.4, -0.2) is 38.2 Å². The standard InChI is InChI=1S/C15H15N3O3/c1-17-9-11(8-16-17)13(15(20)21)18-7-6-10-4-2-3-5-12(10)14(18)19/h2-5,8-9,13H,6-7H2,1H3,(H,20,21). The number of carbonyl (C=O) groups is 2. The molecule has 21 heavy (non-hydrogen) atoms. The van der Waals surface area contributed by atoms with Crippen LogP contribution in [0, 0.1) is 0 Å². The molecule has 0 fully saturated rings. The SMILES string of the molecule is Cn1cc(C(C(=O)O)N2CCc3ccccc3C2=O)cn1. The summed E-state index contributed by atoms with van der Waals surface area (Å²) in [6.45, 7) is 0.391. The lowest BCUT2D eigenvalue weighted by molar-refractivity contribution is -0.142. The Balaban J connectivity index is 1.99.